The van der Waals surface area contributed by atoms with Gasteiger partial charge in [0.2, 0.25) is 0 Å². The van der Waals surface area contributed by atoms with Gasteiger partial charge in [-0.15, -0.1) is 0 Å². The average molecular weight is 334 g/mol. The number of methoxy groups -OCH3 is 1. The second-order valence-electron chi connectivity index (χ2n) is 4.90. The third kappa shape index (κ3) is 4.72. The largest absolute Gasteiger partial charge is 0.497 e. The van der Waals surface area contributed by atoms with Crippen molar-refractivity contribution in [2.75, 3.05) is 7.11 Å². The summed E-state index contributed by atoms with van der Waals surface area (Å²) in [6.45, 7) is 0. The van der Waals surface area contributed by atoms with Crippen LogP contribution in [0, 0.1) is 0 Å². The first kappa shape index (κ1) is 16.8. The summed E-state index contributed by atoms with van der Waals surface area (Å²) in [6.07, 6.45) is -0.219. The molecule has 0 heterocycles. The SMILES string of the molecule is COc1ccc(C(=O)N[C@@H](CC(=O)O)c2ccc(Cl)cc2)cc1. The molecule has 0 saturated heterocycles. The number of amides is 1. The highest BCUT2D eigenvalue weighted by atomic mass is 35.5. The standard InChI is InChI=1S/C17H16ClNO4/c1-23-14-8-4-12(5-9-14)17(22)19-15(10-16(20)21)11-2-6-13(18)7-3-11/h2-9,15H,10H2,1H3,(H,19,22)(H,20,21)/t15-/m0/s1. The van der Waals surface area contributed by atoms with E-state index in [4.69, 9.17) is 21.4 Å². The Balaban J connectivity index is 2.17. The predicted octanol–water partition coefficient (Wildman–Crippen LogP) is 3.29. The monoisotopic (exact) mass is 333 g/mol. The molecule has 120 valence electrons. The molecule has 6 heteroatoms. The van der Waals surface area contributed by atoms with E-state index in [1.54, 1.807) is 55.6 Å². The van der Waals surface area contributed by atoms with Crippen LogP contribution in [0.4, 0.5) is 0 Å². The van der Waals surface area contributed by atoms with Crippen molar-refractivity contribution in [1.82, 2.24) is 5.32 Å². The molecule has 23 heavy (non-hydrogen) atoms. The molecule has 0 saturated carbocycles. The molecule has 0 aromatic heterocycles. The third-order valence-corrected chi connectivity index (χ3v) is 3.56. The van der Waals surface area contributed by atoms with Crippen LogP contribution in [0.5, 0.6) is 5.75 Å². The van der Waals surface area contributed by atoms with Crippen LogP contribution in [-0.2, 0) is 4.79 Å². The van der Waals surface area contributed by atoms with Gasteiger partial charge in [-0.3, -0.25) is 9.59 Å². The van der Waals surface area contributed by atoms with E-state index in [9.17, 15) is 9.59 Å². The van der Waals surface area contributed by atoms with Gasteiger partial charge in [0.15, 0.2) is 0 Å². The van der Waals surface area contributed by atoms with Crippen molar-refractivity contribution >= 4 is 23.5 Å². The van der Waals surface area contributed by atoms with Crippen LogP contribution in [0.15, 0.2) is 48.5 Å². The van der Waals surface area contributed by atoms with E-state index in [-0.39, 0.29) is 12.3 Å². The number of rotatable bonds is 6. The Morgan fingerprint density at radius 2 is 1.74 bits per heavy atom. The zero-order chi connectivity index (χ0) is 16.8. The fourth-order valence-corrected chi connectivity index (χ4v) is 2.23. The molecular weight excluding hydrogens is 318 g/mol. The number of aliphatic carboxylic acids is 1. The topological polar surface area (TPSA) is 75.6 Å². The van der Waals surface area contributed by atoms with Crippen LogP contribution in [-0.4, -0.2) is 24.1 Å². The van der Waals surface area contributed by atoms with Crippen molar-refractivity contribution < 1.29 is 19.4 Å². The molecule has 0 unspecified atom stereocenters. The fraction of sp³-hybridized carbons (Fsp3) is 0.176. The van der Waals surface area contributed by atoms with E-state index in [0.29, 0.717) is 21.9 Å². The normalized spacial score (nSPS) is 11.6. The van der Waals surface area contributed by atoms with Crippen LogP contribution in [0.3, 0.4) is 0 Å². The molecule has 1 atom stereocenters. The van der Waals surface area contributed by atoms with Crippen LogP contribution >= 0.6 is 11.6 Å². The minimum atomic E-state index is -1.00. The van der Waals surface area contributed by atoms with Crippen LogP contribution in [0.2, 0.25) is 5.02 Å². The average Bonchev–Trinajstić information content (AvgIpc) is 2.54. The van der Waals surface area contributed by atoms with Gasteiger partial charge in [0.25, 0.3) is 5.91 Å². The number of carboxylic acid groups (broad SMARTS) is 1. The Morgan fingerprint density at radius 1 is 1.13 bits per heavy atom. The third-order valence-electron chi connectivity index (χ3n) is 3.31. The molecule has 0 spiro atoms. The minimum Gasteiger partial charge on any atom is -0.497 e. The smallest absolute Gasteiger partial charge is 0.305 e. The Bertz CT molecular complexity index is 683. The molecular formula is C17H16ClNO4. The number of halogens is 1. The summed E-state index contributed by atoms with van der Waals surface area (Å²) in [5, 5.41) is 12.3. The van der Waals surface area contributed by atoms with Crippen LogP contribution in [0.25, 0.3) is 0 Å². The van der Waals surface area contributed by atoms with E-state index >= 15 is 0 Å². The van der Waals surface area contributed by atoms with E-state index in [2.05, 4.69) is 5.32 Å². The van der Waals surface area contributed by atoms with Gasteiger partial charge in [-0.25, -0.2) is 0 Å². The number of benzene rings is 2. The summed E-state index contributed by atoms with van der Waals surface area (Å²) in [5.74, 6) is -0.713. The fourth-order valence-electron chi connectivity index (χ4n) is 2.11. The highest BCUT2D eigenvalue weighted by molar-refractivity contribution is 6.30. The lowest BCUT2D eigenvalue weighted by atomic mass is 10.0. The number of hydrogen-bond donors (Lipinski definition) is 2. The van der Waals surface area contributed by atoms with Gasteiger partial charge in [0.05, 0.1) is 19.6 Å². The van der Waals surface area contributed by atoms with Gasteiger partial charge >= 0.3 is 5.97 Å². The van der Waals surface area contributed by atoms with Gasteiger partial charge < -0.3 is 15.2 Å². The van der Waals surface area contributed by atoms with Gasteiger partial charge in [0.1, 0.15) is 5.75 Å². The molecule has 0 bridgehead atoms. The lowest BCUT2D eigenvalue weighted by Gasteiger charge is -2.17. The molecule has 5 nitrogen and oxygen atoms in total. The summed E-state index contributed by atoms with van der Waals surface area (Å²) >= 11 is 5.84. The highest BCUT2D eigenvalue weighted by Gasteiger charge is 2.19. The molecule has 0 aliphatic carbocycles. The number of carboxylic acids is 1. The maximum Gasteiger partial charge on any atom is 0.305 e. The van der Waals surface area contributed by atoms with Crippen molar-refractivity contribution in [3.63, 3.8) is 0 Å². The Kier molecular flexibility index (Phi) is 5.60. The summed E-state index contributed by atoms with van der Waals surface area (Å²) in [4.78, 5) is 23.4. The summed E-state index contributed by atoms with van der Waals surface area (Å²) in [7, 11) is 1.54. The summed E-state index contributed by atoms with van der Waals surface area (Å²) in [5.41, 5.74) is 1.11. The first-order chi connectivity index (χ1) is 11.0. The van der Waals surface area contributed by atoms with E-state index in [1.165, 1.54) is 0 Å². The first-order valence-corrected chi connectivity index (χ1v) is 7.29. The number of ether oxygens (including phenoxy) is 1. The quantitative estimate of drug-likeness (QED) is 0.850. The van der Waals surface area contributed by atoms with Gasteiger partial charge in [-0.05, 0) is 42.0 Å². The number of carbonyl (C=O) groups is 2. The first-order valence-electron chi connectivity index (χ1n) is 6.92. The molecule has 2 rings (SSSR count). The maximum atomic E-state index is 12.3. The van der Waals surface area contributed by atoms with Crippen molar-refractivity contribution in [2.24, 2.45) is 0 Å². The molecule has 0 radical (unpaired) electrons. The number of carbonyl (C=O) groups excluding carboxylic acids is 1. The Labute approximate surface area is 138 Å². The molecule has 2 aromatic carbocycles. The highest BCUT2D eigenvalue weighted by Crippen LogP contribution is 2.20. The van der Waals surface area contributed by atoms with Gasteiger partial charge in [0, 0.05) is 10.6 Å². The molecule has 0 aliphatic heterocycles. The zero-order valence-corrected chi connectivity index (χ0v) is 13.2. The van der Waals surface area contributed by atoms with Crippen molar-refractivity contribution in [2.45, 2.75) is 12.5 Å². The van der Waals surface area contributed by atoms with Gasteiger partial charge in [-0.1, -0.05) is 23.7 Å². The Morgan fingerprint density at radius 3 is 2.26 bits per heavy atom. The zero-order valence-electron chi connectivity index (χ0n) is 12.5. The van der Waals surface area contributed by atoms with Crippen molar-refractivity contribution in [1.29, 1.82) is 0 Å². The minimum absolute atomic E-state index is 0.219. The second kappa shape index (κ2) is 7.65. The molecule has 2 N–H and O–H groups in total. The molecule has 0 fully saturated rings. The molecule has 2 aromatic rings. The van der Waals surface area contributed by atoms with Gasteiger partial charge in [-0.2, -0.15) is 0 Å². The predicted molar refractivity (Wildman–Crippen MR) is 86.9 cm³/mol. The van der Waals surface area contributed by atoms with E-state index in [0.717, 1.165) is 0 Å². The molecule has 0 aliphatic rings. The second-order valence-corrected chi connectivity index (χ2v) is 5.34. The summed E-state index contributed by atoms with van der Waals surface area (Å²) in [6, 6.07) is 12.7. The lowest BCUT2D eigenvalue weighted by Crippen LogP contribution is -2.30. The summed E-state index contributed by atoms with van der Waals surface area (Å²) < 4.78 is 5.04. The van der Waals surface area contributed by atoms with Crippen molar-refractivity contribution in [3.8, 4) is 5.75 Å². The van der Waals surface area contributed by atoms with Crippen LogP contribution < -0.4 is 10.1 Å². The molecule has 1 amide bonds. The number of hydrogen-bond acceptors (Lipinski definition) is 3. The van der Waals surface area contributed by atoms with E-state index in [1.807, 2.05) is 0 Å². The lowest BCUT2D eigenvalue weighted by molar-refractivity contribution is -0.137. The van der Waals surface area contributed by atoms with Crippen LogP contribution in [0.1, 0.15) is 28.4 Å². The Hall–Kier alpha value is -2.53. The maximum absolute atomic E-state index is 12.3. The van der Waals surface area contributed by atoms with Crippen molar-refractivity contribution in [3.05, 3.63) is 64.7 Å². The van der Waals surface area contributed by atoms with E-state index < -0.39 is 12.0 Å². The number of nitrogens with one attached hydrogen (secondary N) is 1.